The lowest BCUT2D eigenvalue weighted by Gasteiger charge is -2.19. The number of esters is 2. The topological polar surface area (TPSA) is 55.8 Å². The van der Waals surface area contributed by atoms with Gasteiger partial charge in [0.25, 0.3) is 0 Å². The molecular formula is C16H21NO4. The first-order valence-electron chi connectivity index (χ1n) is 6.76. The molecular weight excluding hydrogens is 270 g/mol. The zero-order chi connectivity index (χ0) is 15.7. The predicted octanol–water partition coefficient (Wildman–Crippen LogP) is 2.02. The number of ether oxygens (including phenoxy) is 2. The minimum Gasteiger partial charge on any atom is -0.465 e. The Balaban J connectivity index is 2.68. The second-order valence-corrected chi connectivity index (χ2v) is 4.45. The van der Waals surface area contributed by atoms with Crippen molar-refractivity contribution >= 4 is 11.9 Å². The summed E-state index contributed by atoms with van der Waals surface area (Å²) in [5.74, 6) is -0.624. The lowest BCUT2D eigenvalue weighted by Crippen LogP contribution is -2.30. The fourth-order valence-electron chi connectivity index (χ4n) is 1.88. The molecule has 0 bridgehead atoms. The van der Waals surface area contributed by atoms with Gasteiger partial charge >= 0.3 is 11.9 Å². The van der Waals surface area contributed by atoms with Gasteiger partial charge in [-0.3, -0.25) is 9.69 Å². The fourth-order valence-corrected chi connectivity index (χ4v) is 1.88. The molecule has 5 nitrogen and oxygen atoms in total. The Bertz CT molecular complexity index is 482. The zero-order valence-electron chi connectivity index (χ0n) is 12.5. The highest BCUT2D eigenvalue weighted by molar-refractivity contribution is 5.89. The molecule has 0 radical (unpaired) electrons. The van der Waals surface area contributed by atoms with E-state index >= 15 is 0 Å². The molecule has 0 aliphatic heterocycles. The van der Waals surface area contributed by atoms with Crippen LogP contribution in [-0.2, 0) is 20.8 Å². The van der Waals surface area contributed by atoms with Crippen LogP contribution < -0.4 is 0 Å². The van der Waals surface area contributed by atoms with Gasteiger partial charge in [0.2, 0.25) is 0 Å². The molecule has 0 heterocycles. The van der Waals surface area contributed by atoms with Gasteiger partial charge in [-0.25, -0.2) is 4.79 Å². The Kier molecular flexibility index (Phi) is 7.18. The van der Waals surface area contributed by atoms with Crippen LogP contribution in [0.3, 0.4) is 0 Å². The smallest absolute Gasteiger partial charge is 0.337 e. The van der Waals surface area contributed by atoms with Gasteiger partial charge in [0.05, 0.1) is 25.8 Å². The van der Waals surface area contributed by atoms with Crippen molar-refractivity contribution in [2.24, 2.45) is 0 Å². The molecule has 0 saturated carbocycles. The SMILES string of the molecule is C=CCN(CC(=O)OCC)Cc1ccc(C(=O)OC)cc1. The number of carbonyl (C=O) groups excluding carboxylic acids is 2. The summed E-state index contributed by atoms with van der Waals surface area (Å²) in [4.78, 5) is 24.8. The molecule has 0 aliphatic carbocycles. The van der Waals surface area contributed by atoms with E-state index in [-0.39, 0.29) is 18.5 Å². The highest BCUT2D eigenvalue weighted by atomic mass is 16.5. The van der Waals surface area contributed by atoms with E-state index < -0.39 is 0 Å². The van der Waals surface area contributed by atoms with Crippen LogP contribution in [0.5, 0.6) is 0 Å². The van der Waals surface area contributed by atoms with Gasteiger partial charge in [0.1, 0.15) is 0 Å². The number of benzene rings is 1. The van der Waals surface area contributed by atoms with Crippen LogP contribution in [0.25, 0.3) is 0 Å². The Labute approximate surface area is 125 Å². The fraction of sp³-hybridized carbons (Fsp3) is 0.375. The maximum Gasteiger partial charge on any atom is 0.337 e. The maximum atomic E-state index is 11.5. The van der Waals surface area contributed by atoms with E-state index in [9.17, 15) is 9.59 Å². The Morgan fingerprint density at radius 2 is 1.95 bits per heavy atom. The summed E-state index contributed by atoms with van der Waals surface area (Å²) in [5, 5.41) is 0. The maximum absolute atomic E-state index is 11.5. The molecule has 1 rings (SSSR count). The normalized spacial score (nSPS) is 10.2. The summed E-state index contributed by atoms with van der Waals surface area (Å²) in [6.07, 6.45) is 1.74. The van der Waals surface area contributed by atoms with Crippen LogP contribution in [0.4, 0.5) is 0 Å². The third-order valence-corrected chi connectivity index (χ3v) is 2.83. The Morgan fingerprint density at radius 3 is 2.48 bits per heavy atom. The third kappa shape index (κ3) is 5.79. The van der Waals surface area contributed by atoms with E-state index in [4.69, 9.17) is 4.74 Å². The number of nitrogens with zero attached hydrogens (tertiary/aromatic N) is 1. The average molecular weight is 291 g/mol. The monoisotopic (exact) mass is 291 g/mol. The standard InChI is InChI=1S/C16H21NO4/c1-4-10-17(12-15(18)21-5-2)11-13-6-8-14(9-7-13)16(19)20-3/h4,6-9H,1,5,10-12H2,2-3H3. The molecule has 0 fully saturated rings. The van der Waals surface area contributed by atoms with Crippen molar-refractivity contribution in [2.75, 3.05) is 26.8 Å². The van der Waals surface area contributed by atoms with Crippen molar-refractivity contribution in [1.29, 1.82) is 0 Å². The van der Waals surface area contributed by atoms with Crippen molar-refractivity contribution in [2.45, 2.75) is 13.5 Å². The summed E-state index contributed by atoms with van der Waals surface area (Å²) in [6, 6.07) is 7.09. The van der Waals surface area contributed by atoms with Crippen LogP contribution in [0.1, 0.15) is 22.8 Å². The van der Waals surface area contributed by atoms with Gasteiger partial charge in [-0.15, -0.1) is 6.58 Å². The summed E-state index contributed by atoms with van der Waals surface area (Å²) in [7, 11) is 1.35. The summed E-state index contributed by atoms with van der Waals surface area (Å²) in [6.45, 7) is 7.20. The molecule has 5 heteroatoms. The molecule has 0 atom stereocenters. The van der Waals surface area contributed by atoms with Gasteiger partial charge in [-0.2, -0.15) is 0 Å². The number of hydrogen-bond donors (Lipinski definition) is 0. The minimum absolute atomic E-state index is 0.207. The summed E-state index contributed by atoms with van der Waals surface area (Å²) in [5.41, 5.74) is 1.50. The highest BCUT2D eigenvalue weighted by Gasteiger charge is 2.11. The van der Waals surface area contributed by atoms with E-state index in [1.54, 1.807) is 25.1 Å². The first kappa shape index (κ1) is 16.9. The predicted molar refractivity (Wildman–Crippen MR) is 79.9 cm³/mol. The molecule has 0 aliphatic rings. The number of rotatable bonds is 8. The molecule has 114 valence electrons. The van der Waals surface area contributed by atoms with E-state index in [2.05, 4.69) is 11.3 Å². The van der Waals surface area contributed by atoms with Gasteiger partial charge in [0.15, 0.2) is 0 Å². The van der Waals surface area contributed by atoms with Crippen LogP contribution in [0.15, 0.2) is 36.9 Å². The second kappa shape index (κ2) is 8.92. The van der Waals surface area contributed by atoms with Crippen LogP contribution in [0, 0.1) is 0 Å². The molecule has 1 aromatic carbocycles. The first-order valence-corrected chi connectivity index (χ1v) is 6.76. The largest absolute Gasteiger partial charge is 0.465 e. The first-order chi connectivity index (χ1) is 10.1. The minimum atomic E-state index is -0.365. The van der Waals surface area contributed by atoms with E-state index in [0.29, 0.717) is 25.3 Å². The number of carbonyl (C=O) groups is 2. The van der Waals surface area contributed by atoms with Crippen molar-refractivity contribution < 1.29 is 19.1 Å². The summed E-state index contributed by atoms with van der Waals surface area (Å²) < 4.78 is 9.60. The average Bonchev–Trinajstić information content (AvgIpc) is 2.47. The van der Waals surface area contributed by atoms with Crippen molar-refractivity contribution in [3.63, 3.8) is 0 Å². The third-order valence-electron chi connectivity index (χ3n) is 2.83. The zero-order valence-corrected chi connectivity index (χ0v) is 12.5. The van der Waals surface area contributed by atoms with Crippen LogP contribution in [0.2, 0.25) is 0 Å². The number of hydrogen-bond acceptors (Lipinski definition) is 5. The van der Waals surface area contributed by atoms with Gasteiger partial charge in [-0.1, -0.05) is 18.2 Å². The summed E-state index contributed by atoms with van der Waals surface area (Å²) >= 11 is 0. The van der Waals surface area contributed by atoms with E-state index in [0.717, 1.165) is 5.56 Å². The van der Waals surface area contributed by atoms with Crippen LogP contribution in [-0.4, -0.2) is 43.6 Å². The highest BCUT2D eigenvalue weighted by Crippen LogP contribution is 2.09. The van der Waals surface area contributed by atoms with Gasteiger partial charge in [0, 0.05) is 13.1 Å². The molecule has 0 amide bonds. The van der Waals surface area contributed by atoms with Crippen molar-refractivity contribution in [1.82, 2.24) is 4.90 Å². The van der Waals surface area contributed by atoms with E-state index in [1.165, 1.54) is 7.11 Å². The van der Waals surface area contributed by atoms with Crippen LogP contribution >= 0.6 is 0 Å². The molecule has 0 spiro atoms. The molecule has 0 unspecified atom stereocenters. The Hall–Kier alpha value is -2.14. The molecule has 1 aromatic rings. The molecule has 0 N–H and O–H groups in total. The quantitative estimate of drug-likeness (QED) is 0.542. The van der Waals surface area contributed by atoms with Gasteiger partial charge in [-0.05, 0) is 24.6 Å². The number of methoxy groups -OCH3 is 1. The van der Waals surface area contributed by atoms with E-state index in [1.807, 2.05) is 17.0 Å². The Morgan fingerprint density at radius 1 is 1.29 bits per heavy atom. The molecule has 0 saturated heterocycles. The second-order valence-electron chi connectivity index (χ2n) is 4.45. The van der Waals surface area contributed by atoms with Crippen molar-refractivity contribution in [3.8, 4) is 0 Å². The molecule has 21 heavy (non-hydrogen) atoms. The lowest BCUT2D eigenvalue weighted by molar-refractivity contribution is -0.144. The lowest BCUT2D eigenvalue weighted by atomic mass is 10.1. The molecule has 0 aromatic heterocycles. The van der Waals surface area contributed by atoms with Crippen molar-refractivity contribution in [3.05, 3.63) is 48.0 Å². The van der Waals surface area contributed by atoms with Gasteiger partial charge < -0.3 is 9.47 Å².